The number of nitrogens with two attached hydrogens (primary N) is 1. The van der Waals surface area contributed by atoms with Gasteiger partial charge in [-0.25, -0.2) is 4.79 Å². The number of hydrogen-bond donors (Lipinski definition) is 1. The lowest BCUT2D eigenvalue weighted by atomic mass is 10.0. The number of hydrogen-bond acceptors (Lipinski definition) is 7. The number of nitrogens with zero attached hydrogens (tertiary/aromatic N) is 2. The second-order valence-electron chi connectivity index (χ2n) is 6.49. The molecule has 0 radical (unpaired) electrons. The number of rotatable bonds is 9. The summed E-state index contributed by atoms with van der Waals surface area (Å²) < 4.78 is 12.4. The van der Waals surface area contributed by atoms with Gasteiger partial charge in [0.2, 0.25) is 0 Å². The first-order valence-electron chi connectivity index (χ1n) is 9.88. The minimum atomic E-state index is -0.401. The van der Waals surface area contributed by atoms with Gasteiger partial charge in [-0.3, -0.25) is 4.98 Å². The van der Waals surface area contributed by atoms with Gasteiger partial charge in [0.05, 0.1) is 11.3 Å². The summed E-state index contributed by atoms with van der Waals surface area (Å²) in [5, 5.41) is 1.21. The van der Waals surface area contributed by atoms with Crippen molar-refractivity contribution in [1.82, 2.24) is 9.88 Å². The molecule has 0 spiro atoms. The number of carbonyl (C=O) groups excluding carboxylic acids is 1. The van der Waals surface area contributed by atoms with Gasteiger partial charge < -0.3 is 20.1 Å². The van der Waals surface area contributed by atoms with E-state index in [9.17, 15) is 4.79 Å². The van der Waals surface area contributed by atoms with Gasteiger partial charge in [0.15, 0.2) is 0 Å². The van der Waals surface area contributed by atoms with Gasteiger partial charge in [0.1, 0.15) is 22.9 Å². The molecule has 0 aliphatic rings. The van der Waals surface area contributed by atoms with E-state index >= 15 is 0 Å². The molecule has 0 aliphatic carbocycles. The number of esters is 1. The lowest BCUT2D eigenvalue weighted by Crippen LogP contribution is -2.28. The maximum Gasteiger partial charge on any atom is 0.341 e. The van der Waals surface area contributed by atoms with E-state index in [1.807, 2.05) is 24.3 Å². The van der Waals surface area contributed by atoms with Gasteiger partial charge in [-0.15, -0.1) is 11.3 Å². The highest BCUT2D eigenvalue weighted by Gasteiger charge is 2.23. The average Bonchev–Trinajstić information content (AvgIpc) is 3.08. The Labute approximate surface area is 175 Å². The highest BCUT2D eigenvalue weighted by Crippen LogP contribution is 2.44. The molecule has 0 amide bonds. The van der Waals surface area contributed by atoms with E-state index in [1.165, 1.54) is 11.3 Å². The number of benzene rings is 1. The minimum Gasteiger partial charge on any atom is -0.490 e. The van der Waals surface area contributed by atoms with Crippen LogP contribution in [0.5, 0.6) is 5.75 Å². The molecule has 0 atom stereocenters. The molecule has 0 saturated heterocycles. The summed E-state index contributed by atoms with van der Waals surface area (Å²) in [4.78, 5) is 18.8. The molecule has 2 N–H and O–H groups in total. The molecule has 154 valence electrons. The largest absolute Gasteiger partial charge is 0.490 e. The van der Waals surface area contributed by atoms with E-state index in [0.717, 1.165) is 46.6 Å². The lowest BCUT2D eigenvalue weighted by Gasteiger charge is -2.19. The second-order valence-corrected chi connectivity index (χ2v) is 7.54. The number of fused-ring (bicyclic) bond motifs is 1. The Kier molecular flexibility index (Phi) is 7.06. The first-order valence-corrected chi connectivity index (χ1v) is 10.7. The molecule has 0 aliphatic heterocycles. The standard InChI is InChI=1S/C22H27N3O3S/c1-4-25(5-2)13-14-28-19-16(15-9-11-24-12-10-15)7-8-17-18(22(26)27-6-3)21(23)29-20(17)19/h7-12H,4-6,13-14,23H2,1-3H3. The van der Waals surface area contributed by atoms with E-state index in [2.05, 4.69) is 23.7 Å². The smallest absolute Gasteiger partial charge is 0.341 e. The zero-order chi connectivity index (χ0) is 20.8. The Morgan fingerprint density at radius 2 is 1.86 bits per heavy atom. The lowest BCUT2D eigenvalue weighted by molar-refractivity contribution is 0.0530. The Hall–Kier alpha value is -2.64. The van der Waals surface area contributed by atoms with Crippen LogP contribution in [0.4, 0.5) is 5.00 Å². The average molecular weight is 414 g/mol. The van der Waals surface area contributed by atoms with Crippen molar-refractivity contribution in [2.75, 3.05) is 38.6 Å². The molecule has 0 bridgehead atoms. The van der Waals surface area contributed by atoms with Crippen molar-refractivity contribution >= 4 is 32.4 Å². The number of thiophene rings is 1. The van der Waals surface area contributed by atoms with E-state index in [0.29, 0.717) is 23.8 Å². The van der Waals surface area contributed by atoms with Crippen LogP contribution in [-0.2, 0) is 4.74 Å². The normalized spacial score (nSPS) is 11.2. The molecule has 0 fully saturated rings. The molecule has 0 unspecified atom stereocenters. The summed E-state index contributed by atoms with van der Waals surface area (Å²) in [5.41, 5.74) is 8.58. The molecule has 0 saturated carbocycles. The maximum atomic E-state index is 12.4. The number of carbonyl (C=O) groups is 1. The predicted molar refractivity (Wildman–Crippen MR) is 119 cm³/mol. The Morgan fingerprint density at radius 1 is 1.14 bits per heavy atom. The van der Waals surface area contributed by atoms with Gasteiger partial charge in [-0.05, 0) is 43.8 Å². The van der Waals surface area contributed by atoms with Crippen molar-refractivity contribution in [3.63, 3.8) is 0 Å². The number of anilines is 1. The van der Waals surface area contributed by atoms with Crippen LogP contribution in [0.15, 0.2) is 36.7 Å². The van der Waals surface area contributed by atoms with Crippen molar-refractivity contribution in [1.29, 1.82) is 0 Å². The van der Waals surface area contributed by atoms with Gasteiger partial charge in [-0.1, -0.05) is 19.9 Å². The second kappa shape index (κ2) is 9.71. The highest BCUT2D eigenvalue weighted by molar-refractivity contribution is 7.23. The summed E-state index contributed by atoms with van der Waals surface area (Å²) in [6.07, 6.45) is 3.51. The molecule has 2 heterocycles. The first kappa shape index (κ1) is 21.1. The fourth-order valence-electron chi connectivity index (χ4n) is 3.29. The number of ether oxygens (including phenoxy) is 2. The number of nitrogen functional groups attached to an aromatic ring is 1. The first-order chi connectivity index (χ1) is 14.1. The van der Waals surface area contributed by atoms with Crippen LogP contribution in [0.1, 0.15) is 31.1 Å². The van der Waals surface area contributed by atoms with Crippen molar-refractivity contribution in [2.24, 2.45) is 0 Å². The minimum absolute atomic E-state index is 0.304. The van der Waals surface area contributed by atoms with Crippen LogP contribution in [0, 0.1) is 0 Å². The summed E-state index contributed by atoms with van der Waals surface area (Å²) in [5.74, 6) is 0.343. The van der Waals surface area contributed by atoms with E-state index in [1.54, 1.807) is 19.3 Å². The topological polar surface area (TPSA) is 77.7 Å². The maximum absolute atomic E-state index is 12.4. The molecular weight excluding hydrogens is 386 g/mol. The SMILES string of the molecule is CCOC(=O)c1c(N)sc2c(OCCN(CC)CC)c(-c3ccncc3)ccc12. The van der Waals surface area contributed by atoms with Crippen molar-refractivity contribution < 1.29 is 14.3 Å². The summed E-state index contributed by atoms with van der Waals surface area (Å²) >= 11 is 1.36. The zero-order valence-electron chi connectivity index (χ0n) is 17.1. The fraction of sp³-hybridized carbons (Fsp3) is 0.364. The van der Waals surface area contributed by atoms with E-state index in [4.69, 9.17) is 15.2 Å². The van der Waals surface area contributed by atoms with Crippen LogP contribution in [0.2, 0.25) is 0 Å². The monoisotopic (exact) mass is 413 g/mol. The van der Waals surface area contributed by atoms with Crippen molar-refractivity contribution in [3.8, 4) is 16.9 Å². The van der Waals surface area contributed by atoms with Gasteiger partial charge in [-0.2, -0.15) is 0 Å². The fourth-order valence-corrected chi connectivity index (χ4v) is 4.34. The van der Waals surface area contributed by atoms with Crippen LogP contribution in [0.25, 0.3) is 21.2 Å². The van der Waals surface area contributed by atoms with E-state index in [-0.39, 0.29) is 0 Å². The van der Waals surface area contributed by atoms with Crippen LogP contribution >= 0.6 is 11.3 Å². The Morgan fingerprint density at radius 3 is 2.52 bits per heavy atom. The third kappa shape index (κ3) is 4.52. The number of pyridine rings is 1. The highest BCUT2D eigenvalue weighted by atomic mass is 32.1. The molecule has 7 heteroatoms. The summed E-state index contributed by atoms with van der Waals surface area (Å²) in [7, 11) is 0. The predicted octanol–water partition coefficient (Wildman–Crippen LogP) is 4.44. The molecule has 6 nitrogen and oxygen atoms in total. The molecular formula is C22H27N3O3S. The van der Waals surface area contributed by atoms with Crippen molar-refractivity contribution in [3.05, 3.63) is 42.2 Å². The van der Waals surface area contributed by atoms with Gasteiger partial charge in [0.25, 0.3) is 0 Å². The summed E-state index contributed by atoms with van der Waals surface area (Å²) in [6, 6.07) is 7.78. The Balaban J connectivity index is 2.07. The Bertz CT molecular complexity index is 968. The molecule has 29 heavy (non-hydrogen) atoms. The quantitative estimate of drug-likeness (QED) is 0.523. The number of likely N-dealkylation sites (N-methyl/N-ethyl adjacent to an activating group) is 1. The molecule has 3 rings (SSSR count). The van der Waals surface area contributed by atoms with Crippen LogP contribution in [-0.4, -0.2) is 48.7 Å². The van der Waals surface area contributed by atoms with Gasteiger partial charge >= 0.3 is 5.97 Å². The van der Waals surface area contributed by atoms with Crippen LogP contribution < -0.4 is 10.5 Å². The molecule has 1 aromatic carbocycles. The molecule has 2 aromatic heterocycles. The summed E-state index contributed by atoms with van der Waals surface area (Å²) in [6.45, 7) is 9.68. The number of aromatic nitrogens is 1. The third-order valence-electron chi connectivity index (χ3n) is 4.86. The zero-order valence-corrected chi connectivity index (χ0v) is 17.9. The van der Waals surface area contributed by atoms with E-state index < -0.39 is 5.97 Å². The van der Waals surface area contributed by atoms with Crippen molar-refractivity contribution in [2.45, 2.75) is 20.8 Å². The van der Waals surface area contributed by atoms with Crippen LogP contribution in [0.3, 0.4) is 0 Å². The third-order valence-corrected chi connectivity index (χ3v) is 5.89. The van der Waals surface area contributed by atoms with Gasteiger partial charge in [0, 0.05) is 29.9 Å². The molecule has 3 aromatic rings.